The molecule has 3 heterocycles. The largest absolute Gasteiger partial charge is 0.361 e. The number of fused-ring (bicyclic) bond motifs is 1. The predicted octanol–water partition coefficient (Wildman–Crippen LogP) is 3.48. The van der Waals surface area contributed by atoms with Gasteiger partial charge in [0.2, 0.25) is 5.95 Å². The minimum atomic E-state index is 0.00368. The lowest BCUT2D eigenvalue weighted by Gasteiger charge is -2.30. The number of hydrogen-bond acceptors (Lipinski definition) is 4. The van der Waals surface area contributed by atoms with Crippen LogP contribution in [-0.2, 0) is 6.42 Å². The SMILES string of the molecule is CC1CCN(C(=O)c2ccnc(NCCc3c[nH]c4ccccc34)n2)CC1. The van der Waals surface area contributed by atoms with Crippen LogP contribution in [0.4, 0.5) is 5.95 Å². The topological polar surface area (TPSA) is 73.9 Å². The van der Waals surface area contributed by atoms with E-state index in [0.29, 0.717) is 24.1 Å². The van der Waals surface area contributed by atoms with Gasteiger partial charge in [-0.1, -0.05) is 25.1 Å². The summed E-state index contributed by atoms with van der Waals surface area (Å²) in [5.41, 5.74) is 2.87. The van der Waals surface area contributed by atoms with Gasteiger partial charge in [-0.15, -0.1) is 0 Å². The van der Waals surface area contributed by atoms with Crippen molar-refractivity contribution in [2.45, 2.75) is 26.2 Å². The van der Waals surface area contributed by atoms with Crippen molar-refractivity contribution in [3.8, 4) is 0 Å². The van der Waals surface area contributed by atoms with Gasteiger partial charge in [-0.05, 0) is 42.9 Å². The smallest absolute Gasteiger partial charge is 0.272 e. The minimum Gasteiger partial charge on any atom is -0.361 e. The summed E-state index contributed by atoms with van der Waals surface area (Å²) in [5, 5.41) is 4.49. The Morgan fingerprint density at radius 3 is 2.93 bits per heavy atom. The number of benzene rings is 1. The first-order chi connectivity index (χ1) is 13.2. The number of likely N-dealkylation sites (tertiary alicyclic amines) is 1. The average Bonchev–Trinajstić information content (AvgIpc) is 3.12. The quantitative estimate of drug-likeness (QED) is 0.728. The summed E-state index contributed by atoms with van der Waals surface area (Å²) in [5.74, 6) is 1.20. The third-order valence-electron chi connectivity index (χ3n) is 5.30. The molecular formula is C21H25N5O. The molecule has 1 saturated heterocycles. The van der Waals surface area contributed by atoms with Gasteiger partial charge in [0.1, 0.15) is 5.69 Å². The lowest BCUT2D eigenvalue weighted by Crippen LogP contribution is -2.38. The first kappa shape index (κ1) is 17.5. The fraction of sp³-hybridized carbons (Fsp3) is 0.381. The molecule has 2 aromatic heterocycles. The van der Waals surface area contributed by atoms with E-state index in [0.717, 1.165) is 37.9 Å². The van der Waals surface area contributed by atoms with Crippen LogP contribution in [0.25, 0.3) is 10.9 Å². The zero-order valence-electron chi connectivity index (χ0n) is 15.6. The van der Waals surface area contributed by atoms with Crippen molar-refractivity contribution in [3.63, 3.8) is 0 Å². The van der Waals surface area contributed by atoms with E-state index >= 15 is 0 Å². The Morgan fingerprint density at radius 1 is 1.26 bits per heavy atom. The molecule has 0 unspecified atom stereocenters. The van der Waals surface area contributed by atoms with Crippen LogP contribution in [0.2, 0.25) is 0 Å². The van der Waals surface area contributed by atoms with Crippen LogP contribution in [0.5, 0.6) is 0 Å². The molecule has 2 N–H and O–H groups in total. The Labute approximate surface area is 159 Å². The normalized spacial score (nSPS) is 15.2. The summed E-state index contributed by atoms with van der Waals surface area (Å²) < 4.78 is 0. The highest BCUT2D eigenvalue weighted by Crippen LogP contribution is 2.19. The van der Waals surface area contributed by atoms with E-state index in [4.69, 9.17) is 0 Å². The lowest BCUT2D eigenvalue weighted by atomic mass is 9.99. The number of aromatic amines is 1. The van der Waals surface area contributed by atoms with E-state index in [-0.39, 0.29) is 5.91 Å². The van der Waals surface area contributed by atoms with Gasteiger partial charge in [0.05, 0.1) is 0 Å². The number of rotatable bonds is 5. The van der Waals surface area contributed by atoms with Crippen molar-refractivity contribution in [1.82, 2.24) is 19.9 Å². The zero-order chi connectivity index (χ0) is 18.6. The van der Waals surface area contributed by atoms with E-state index in [9.17, 15) is 4.79 Å². The molecule has 1 fully saturated rings. The third kappa shape index (κ3) is 3.94. The number of anilines is 1. The maximum absolute atomic E-state index is 12.7. The average molecular weight is 363 g/mol. The number of H-pyrrole nitrogens is 1. The molecule has 6 nitrogen and oxygen atoms in total. The van der Waals surface area contributed by atoms with Crippen LogP contribution in [0.1, 0.15) is 35.8 Å². The number of nitrogens with one attached hydrogen (secondary N) is 2. The Hall–Kier alpha value is -2.89. The van der Waals surface area contributed by atoms with Gasteiger partial charge in [-0.2, -0.15) is 0 Å². The molecule has 0 atom stereocenters. The summed E-state index contributed by atoms with van der Waals surface area (Å²) in [6.45, 7) is 4.57. The van der Waals surface area contributed by atoms with E-state index in [1.54, 1.807) is 12.3 Å². The van der Waals surface area contributed by atoms with Crippen molar-refractivity contribution < 1.29 is 4.79 Å². The van der Waals surface area contributed by atoms with Gasteiger partial charge >= 0.3 is 0 Å². The first-order valence-corrected chi connectivity index (χ1v) is 9.62. The Kier molecular flexibility index (Phi) is 5.05. The van der Waals surface area contributed by atoms with Crippen molar-refractivity contribution in [2.75, 3.05) is 25.0 Å². The summed E-state index contributed by atoms with van der Waals surface area (Å²) in [6, 6.07) is 9.97. The van der Waals surface area contributed by atoms with Crippen molar-refractivity contribution in [3.05, 3.63) is 54.0 Å². The second-order valence-electron chi connectivity index (χ2n) is 7.28. The summed E-state index contributed by atoms with van der Waals surface area (Å²) >= 11 is 0. The molecule has 0 spiro atoms. The first-order valence-electron chi connectivity index (χ1n) is 9.62. The molecule has 1 aromatic carbocycles. The summed E-state index contributed by atoms with van der Waals surface area (Å²) in [6.07, 6.45) is 6.68. The molecule has 27 heavy (non-hydrogen) atoms. The van der Waals surface area contributed by atoms with Crippen LogP contribution < -0.4 is 5.32 Å². The van der Waals surface area contributed by atoms with Crippen LogP contribution in [-0.4, -0.2) is 45.4 Å². The second-order valence-corrected chi connectivity index (χ2v) is 7.28. The van der Waals surface area contributed by atoms with E-state index in [2.05, 4.69) is 39.3 Å². The van der Waals surface area contributed by atoms with Gasteiger partial charge in [-0.25, -0.2) is 9.97 Å². The van der Waals surface area contributed by atoms with Crippen molar-refractivity contribution >= 4 is 22.8 Å². The van der Waals surface area contributed by atoms with Crippen LogP contribution in [0, 0.1) is 5.92 Å². The van der Waals surface area contributed by atoms with E-state index < -0.39 is 0 Å². The second kappa shape index (κ2) is 7.78. The fourth-order valence-corrected chi connectivity index (χ4v) is 3.58. The van der Waals surface area contributed by atoms with Gasteiger partial charge in [-0.3, -0.25) is 4.79 Å². The monoisotopic (exact) mass is 363 g/mol. The molecule has 140 valence electrons. The molecule has 3 aromatic rings. The molecule has 6 heteroatoms. The van der Waals surface area contributed by atoms with Gasteiger partial charge in [0, 0.05) is 42.9 Å². The molecule has 1 aliphatic heterocycles. The van der Waals surface area contributed by atoms with Crippen LogP contribution in [0.3, 0.4) is 0 Å². The Bertz CT molecular complexity index is 927. The van der Waals surface area contributed by atoms with E-state index in [1.165, 1.54) is 10.9 Å². The molecule has 1 aliphatic rings. The third-order valence-corrected chi connectivity index (χ3v) is 5.30. The number of piperidine rings is 1. The molecule has 4 rings (SSSR count). The number of amides is 1. The molecule has 0 bridgehead atoms. The van der Waals surface area contributed by atoms with Gasteiger partial charge in [0.25, 0.3) is 5.91 Å². The minimum absolute atomic E-state index is 0.00368. The number of para-hydroxylation sites is 1. The standard InChI is InChI=1S/C21H25N5O/c1-15-8-12-26(13-9-15)20(27)19-7-11-23-21(25-19)22-10-6-16-14-24-18-5-3-2-4-17(16)18/h2-5,7,11,14-15,24H,6,8-10,12-13H2,1H3,(H,22,23,25). The highest BCUT2D eigenvalue weighted by molar-refractivity contribution is 5.92. The van der Waals surface area contributed by atoms with E-state index in [1.807, 2.05) is 23.2 Å². The summed E-state index contributed by atoms with van der Waals surface area (Å²) in [4.78, 5) is 26.5. The molecular weight excluding hydrogens is 338 g/mol. The van der Waals surface area contributed by atoms with Crippen LogP contribution in [0.15, 0.2) is 42.7 Å². The van der Waals surface area contributed by atoms with Gasteiger partial charge in [0.15, 0.2) is 0 Å². The number of carbonyl (C=O) groups excluding carboxylic acids is 1. The van der Waals surface area contributed by atoms with Crippen molar-refractivity contribution in [1.29, 1.82) is 0 Å². The molecule has 0 aliphatic carbocycles. The van der Waals surface area contributed by atoms with Crippen LogP contribution >= 0.6 is 0 Å². The maximum atomic E-state index is 12.7. The molecule has 1 amide bonds. The number of carbonyl (C=O) groups is 1. The highest BCUT2D eigenvalue weighted by atomic mass is 16.2. The highest BCUT2D eigenvalue weighted by Gasteiger charge is 2.22. The number of aromatic nitrogens is 3. The molecule has 0 saturated carbocycles. The molecule has 0 radical (unpaired) electrons. The Balaban J connectivity index is 1.37. The van der Waals surface area contributed by atoms with Gasteiger partial charge < -0.3 is 15.2 Å². The number of nitrogens with zero attached hydrogens (tertiary/aromatic N) is 3. The lowest BCUT2D eigenvalue weighted by molar-refractivity contribution is 0.0691. The maximum Gasteiger partial charge on any atom is 0.272 e. The fourth-order valence-electron chi connectivity index (χ4n) is 3.58. The van der Waals surface area contributed by atoms with Crippen molar-refractivity contribution in [2.24, 2.45) is 5.92 Å². The Morgan fingerprint density at radius 2 is 2.07 bits per heavy atom. The number of hydrogen-bond donors (Lipinski definition) is 2. The zero-order valence-corrected chi connectivity index (χ0v) is 15.6. The predicted molar refractivity (Wildman–Crippen MR) is 107 cm³/mol. The summed E-state index contributed by atoms with van der Waals surface area (Å²) in [7, 11) is 0.